The number of methoxy groups -OCH3 is 2. The molecule has 0 bridgehead atoms. The first kappa shape index (κ1) is 23.2. The van der Waals surface area contributed by atoms with Crippen LogP contribution in [0, 0.1) is 0 Å². The number of anilines is 1. The lowest BCUT2D eigenvalue weighted by Crippen LogP contribution is -2.41. The number of rotatable bonds is 10. The largest absolute Gasteiger partial charge is 0.495 e. The van der Waals surface area contributed by atoms with Crippen molar-refractivity contribution in [3.05, 3.63) is 24.3 Å². The summed E-state index contributed by atoms with van der Waals surface area (Å²) in [4.78, 5) is 26.2. The number of nitrogens with one attached hydrogen (secondary N) is 1. The van der Waals surface area contributed by atoms with Crippen molar-refractivity contribution in [2.75, 3.05) is 39.2 Å². The molecular weight excluding hydrogens is 346 g/mol. The van der Waals surface area contributed by atoms with Crippen LogP contribution in [0.5, 0.6) is 5.75 Å². The molecule has 0 radical (unpaired) electrons. The lowest BCUT2D eigenvalue weighted by Gasteiger charge is -2.24. The molecule has 0 fully saturated rings. The van der Waals surface area contributed by atoms with Crippen molar-refractivity contribution >= 4 is 29.9 Å². The highest BCUT2D eigenvalue weighted by Gasteiger charge is 2.20. The standard InChI is InChI=1S/C17H27N3O4.ClH/c1-4-9-20(17(22)10-13(11-18)23-2)12-16(21)19-14-7-5-6-8-15(14)24-3;/h5-8,13H,4,9-12,18H2,1-3H3,(H,19,21);1H. The van der Waals surface area contributed by atoms with Crippen LogP contribution in [0.1, 0.15) is 19.8 Å². The predicted octanol–water partition coefficient (Wildman–Crippen LogP) is 1.66. The number of nitrogens with zero attached hydrogens (tertiary/aromatic N) is 1. The number of halogens is 1. The topological polar surface area (TPSA) is 93.9 Å². The van der Waals surface area contributed by atoms with Gasteiger partial charge in [-0.15, -0.1) is 12.4 Å². The molecule has 0 saturated heterocycles. The summed E-state index contributed by atoms with van der Waals surface area (Å²) in [6.45, 7) is 2.69. The number of carbonyl (C=O) groups is 2. The molecule has 7 nitrogen and oxygen atoms in total. The zero-order valence-corrected chi connectivity index (χ0v) is 15.8. The number of nitrogens with two attached hydrogens (primary N) is 1. The molecule has 0 aromatic heterocycles. The van der Waals surface area contributed by atoms with E-state index in [9.17, 15) is 9.59 Å². The van der Waals surface area contributed by atoms with Crippen LogP contribution in [0.2, 0.25) is 0 Å². The molecule has 0 aliphatic carbocycles. The van der Waals surface area contributed by atoms with Gasteiger partial charge in [0.15, 0.2) is 0 Å². The quantitative estimate of drug-likeness (QED) is 0.650. The third-order valence-electron chi connectivity index (χ3n) is 3.56. The van der Waals surface area contributed by atoms with Crippen molar-refractivity contribution in [2.24, 2.45) is 5.73 Å². The number of hydrogen-bond acceptors (Lipinski definition) is 5. The number of benzene rings is 1. The van der Waals surface area contributed by atoms with Gasteiger partial charge in [0.25, 0.3) is 0 Å². The Morgan fingerprint density at radius 2 is 1.96 bits per heavy atom. The summed E-state index contributed by atoms with van der Waals surface area (Å²) in [6, 6.07) is 7.13. The first-order valence-corrected chi connectivity index (χ1v) is 7.99. The zero-order valence-electron chi connectivity index (χ0n) is 15.0. The fourth-order valence-electron chi connectivity index (χ4n) is 2.26. The van der Waals surface area contributed by atoms with Crippen LogP contribution in [-0.4, -0.2) is 56.7 Å². The van der Waals surface area contributed by atoms with E-state index in [1.165, 1.54) is 19.1 Å². The Morgan fingerprint density at radius 3 is 2.52 bits per heavy atom. The molecule has 1 aromatic carbocycles. The van der Waals surface area contributed by atoms with Gasteiger partial charge >= 0.3 is 0 Å². The van der Waals surface area contributed by atoms with Crippen molar-refractivity contribution in [1.82, 2.24) is 4.90 Å². The van der Waals surface area contributed by atoms with Gasteiger partial charge in [0.2, 0.25) is 11.8 Å². The van der Waals surface area contributed by atoms with Crippen molar-refractivity contribution in [3.63, 3.8) is 0 Å². The summed E-state index contributed by atoms with van der Waals surface area (Å²) in [7, 11) is 3.05. The first-order chi connectivity index (χ1) is 11.5. The summed E-state index contributed by atoms with van der Waals surface area (Å²) in [6.07, 6.45) is 0.581. The van der Waals surface area contributed by atoms with E-state index in [0.717, 1.165) is 6.42 Å². The van der Waals surface area contributed by atoms with Crippen molar-refractivity contribution in [2.45, 2.75) is 25.9 Å². The highest BCUT2D eigenvalue weighted by atomic mass is 35.5. The number of ether oxygens (including phenoxy) is 2. The van der Waals surface area contributed by atoms with E-state index >= 15 is 0 Å². The Morgan fingerprint density at radius 1 is 1.28 bits per heavy atom. The minimum atomic E-state index is -0.339. The zero-order chi connectivity index (χ0) is 17.9. The van der Waals surface area contributed by atoms with Crippen molar-refractivity contribution in [3.8, 4) is 5.75 Å². The third kappa shape index (κ3) is 7.72. The summed E-state index contributed by atoms with van der Waals surface area (Å²) in [5.74, 6) is 0.147. The van der Waals surface area contributed by atoms with Crippen LogP contribution in [0.25, 0.3) is 0 Å². The molecular formula is C17H28ClN3O4. The molecule has 1 aromatic rings. The van der Waals surface area contributed by atoms with Crippen LogP contribution in [0.4, 0.5) is 5.69 Å². The molecule has 0 spiro atoms. The summed E-state index contributed by atoms with van der Waals surface area (Å²) >= 11 is 0. The monoisotopic (exact) mass is 373 g/mol. The minimum Gasteiger partial charge on any atom is -0.495 e. The van der Waals surface area contributed by atoms with Gasteiger partial charge in [-0.1, -0.05) is 19.1 Å². The van der Waals surface area contributed by atoms with E-state index in [4.69, 9.17) is 15.2 Å². The van der Waals surface area contributed by atoms with E-state index in [1.807, 2.05) is 13.0 Å². The highest BCUT2D eigenvalue weighted by Crippen LogP contribution is 2.22. The normalized spacial score (nSPS) is 11.2. The molecule has 3 N–H and O–H groups in total. The summed E-state index contributed by atoms with van der Waals surface area (Å²) in [5, 5.41) is 2.77. The second kappa shape index (κ2) is 12.5. The third-order valence-corrected chi connectivity index (χ3v) is 3.56. The number of hydrogen-bond donors (Lipinski definition) is 2. The molecule has 1 unspecified atom stereocenters. The van der Waals surface area contributed by atoms with Crippen LogP contribution in [0.15, 0.2) is 24.3 Å². The van der Waals surface area contributed by atoms with Gasteiger partial charge in [0.05, 0.1) is 31.9 Å². The number of amides is 2. The fourth-order valence-corrected chi connectivity index (χ4v) is 2.26. The molecule has 2 amide bonds. The Hall–Kier alpha value is -1.83. The Bertz CT molecular complexity index is 538. The minimum absolute atomic E-state index is 0. The first-order valence-electron chi connectivity index (χ1n) is 7.99. The van der Waals surface area contributed by atoms with Crippen molar-refractivity contribution in [1.29, 1.82) is 0 Å². The molecule has 25 heavy (non-hydrogen) atoms. The molecule has 8 heteroatoms. The van der Waals surface area contributed by atoms with Crippen LogP contribution in [0.3, 0.4) is 0 Å². The van der Waals surface area contributed by atoms with Gasteiger partial charge in [0.1, 0.15) is 5.75 Å². The van der Waals surface area contributed by atoms with Gasteiger partial charge in [-0.2, -0.15) is 0 Å². The van der Waals surface area contributed by atoms with E-state index < -0.39 is 0 Å². The lowest BCUT2D eigenvalue weighted by molar-refractivity contribution is -0.136. The predicted molar refractivity (Wildman–Crippen MR) is 100 cm³/mol. The molecule has 142 valence electrons. The van der Waals surface area contributed by atoms with Gasteiger partial charge in [-0.25, -0.2) is 0 Å². The Kier molecular flexibility index (Phi) is 11.6. The highest BCUT2D eigenvalue weighted by molar-refractivity contribution is 5.95. The van der Waals surface area contributed by atoms with Crippen LogP contribution < -0.4 is 15.8 Å². The average molecular weight is 374 g/mol. The molecule has 0 aliphatic rings. The maximum Gasteiger partial charge on any atom is 0.244 e. The smallest absolute Gasteiger partial charge is 0.244 e. The van der Waals surface area contributed by atoms with Crippen LogP contribution >= 0.6 is 12.4 Å². The maximum absolute atomic E-state index is 12.4. The molecule has 0 aliphatic heterocycles. The van der Waals surface area contributed by atoms with Gasteiger partial charge in [-0.3, -0.25) is 9.59 Å². The second-order valence-electron chi connectivity index (χ2n) is 5.36. The molecule has 1 atom stereocenters. The summed E-state index contributed by atoms with van der Waals surface area (Å²) in [5.41, 5.74) is 6.13. The second-order valence-corrected chi connectivity index (χ2v) is 5.36. The number of carbonyl (C=O) groups excluding carboxylic acids is 2. The lowest BCUT2D eigenvalue weighted by atomic mass is 10.2. The SMILES string of the molecule is CCCN(CC(=O)Nc1ccccc1OC)C(=O)CC(CN)OC.Cl. The number of para-hydroxylation sites is 2. The van der Waals surface area contributed by atoms with E-state index in [2.05, 4.69) is 5.32 Å². The Balaban J connectivity index is 0.00000576. The molecule has 0 heterocycles. The van der Waals surface area contributed by atoms with E-state index in [0.29, 0.717) is 18.0 Å². The fraction of sp³-hybridized carbons (Fsp3) is 0.529. The van der Waals surface area contributed by atoms with Gasteiger partial charge in [-0.05, 0) is 18.6 Å². The molecule has 0 saturated carbocycles. The summed E-state index contributed by atoms with van der Waals surface area (Å²) < 4.78 is 10.3. The molecule has 1 rings (SSSR count). The maximum atomic E-state index is 12.4. The van der Waals surface area contributed by atoms with E-state index in [1.54, 1.807) is 18.2 Å². The van der Waals surface area contributed by atoms with E-state index in [-0.39, 0.29) is 49.8 Å². The van der Waals surface area contributed by atoms with Gasteiger partial charge < -0.3 is 25.4 Å². The average Bonchev–Trinajstić information content (AvgIpc) is 2.59. The Labute approximate surface area is 155 Å². The van der Waals surface area contributed by atoms with Gasteiger partial charge in [0, 0.05) is 20.2 Å². The van der Waals surface area contributed by atoms with Crippen molar-refractivity contribution < 1.29 is 19.1 Å². The van der Waals surface area contributed by atoms with Crippen LogP contribution in [-0.2, 0) is 14.3 Å².